The van der Waals surface area contributed by atoms with Gasteiger partial charge in [-0.25, -0.2) is 10.2 Å². The Morgan fingerprint density at radius 1 is 1.17 bits per heavy atom. The number of carbonyl (C=O) groups excluding carboxylic acids is 2. The summed E-state index contributed by atoms with van der Waals surface area (Å²) in [7, 11) is 0. The van der Waals surface area contributed by atoms with Gasteiger partial charge in [-0.2, -0.15) is 23.4 Å². The molecule has 0 saturated carbocycles. The van der Waals surface area contributed by atoms with Gasteiger partial charge in [0, 0.05) is 18.6 Å². The first kappa shape index (κ1) is 20.7. The zero-order chi connectivity index (χ0) is 21.6. The van der Waals surface area contributed by atoms with Gasteiger partial charge in [0.25, 0.3) is 5.91 Å². The molecule has 0 aliphatic rings. The smallest absolute Gasteiger partial charge is 0.423 e. The molecule has 0 radical (unpaired) electrons. The van der Waals surface area contributed by atoms with Crippen LogP contribution in [0.15, 0.2) is 66.2 Å². The van der Waals surface area contributed by atoms with Gasteiger partial charge in [0.2, 0.25) is 0 Å². The molecule has 0 atom stereocenters. The van der Waals surface area contributed by atoms with Crippen LogP contribution in [0.1, 0.15) is 21.6 Å². The van der Waals surface area contributed by atoms with Gasteiger partial charge in [0.15, 0.2) is 5.69 Å². The third-order valence-corrected chi connectivity index (χ3v) is 3.63. The first-order valence-electron chi connectivity index (χ1n) is 8.46. The number of rotatable bonds is 6. The molecule has 1 amide bonds. The van der Waals surface area contributed by atoms with E-state index in [1.165, 1.54) is 12.4 Å². The van der Waals surface area contributed by atoms with E-state index in [0.717, 1.165) is 16.9 Å². The second-order valence-electron chi connectivity index (χ2n) is 5.89. The van der Waals surface area contributed by atoms with Crippen molar-refractivity contribution in [3.05, 3.63) is 77.9 Å². The van der Waals surface area contributed by atoms with E-state index < -0.39 is 30.3 Å². The summed E-state index contributed by atoms with van der Waals surface area (Å²) < 4.78 is 43.5. The lowest BCUT2D eigenvalue weighted by Gasteiger charge is -2.04. The zero-order valence-corrected chi connectivity index (χ0v) is 15.2. The van der Waals surface area contributed by atoms with Crippen LogP contribution in [-0.4, -0.2) is 32.9 Å². The summed E-state index contributed by atoms with van der Waals surface area (Å²) in [5.74, 6) is -0.890. The quantitative estimate of drug-likeness (QED) is 0.288. The maximum Gasteiger partial charge on any atom is 0.435 e. The van der Waals surface area contributed by atoms with Crippen molar-refractivity contribution in [1.29, 1.82) is 0 Å². The Labute approximate surface area is 168 Å². The Morgan fingerprint density at radius 2 is 1.93 bits per heavy atom. The van der Waals surface area contributed by atoms with Gasteiger partial charge >= 0.3 is 12.1 Å². The molecule has 8 nitrogen and oxygen atoms in total. The summed E-state index contributed by atoms with van der Waals surface area (Å²) in [6, 6.07) is 10.3. The van der Waals surface area contributed by atoms with E-state index in [1.54, 1.807) is 42.6 Å². The molecule has 3 rings (SSSR count). The monoisotopic (exact) mass is 417 g/mol. The number of amides is 1. The van der Waals surface area contributed by atoms with Crippen molar-refractivity contribution in [3.8, 4) is 5.75 Å². The average Bonchev–Trinajstić information content (AvgIpc) is 3.19. The number of benzene rings is 1. The van der Waals surface area contributed by atoms with E-state index >= 15 is 0 Å². The molecular formula is C19H14F3N5O3. The fourth-order valence-corrected chi connectivity index (χ4v) is 2.23. The summed E-state index contributed by atoms with van der Waals surface area (Å²) in [4.78, 5) is 27.5. The molecule has 2 aromatic heterocycles. The Bertz CT molecular complexity index is 1050. The number of alkyl halides is 3. The van der Waals surface area contributed by atoms with Crippen LogP contribution >= 0.6 is 0 Å². The van der Waals surface area contributed by atoms with Gasteiger partial charge in [-0.05, 0) is 48.0 Å². The highest BCUT2D eigenvalue weighted by Gasteiger charge is 2.33. The maximum atomic E-state index is 12.5. The van der Waals surface area contributed by atoms with E-state index in [4.69, 9.17) is 4.74 Å². The van der Waals surface area contributed by atoms with Crippen molar-refractivity contribution >= 4 is 18.1 Å². The topological polar surface area (TPSA) is 98.5 Å². The van der Waals surface area contributed by atoms with Gasteiger partial charge in [-0.15, -0.1) is 0 Å². The number of pyridine rings is 1. The number of ether oxygens (including phenoxy) is 1. The van der Waals surface area contributed by atoms with Crippen molar-refractivity contribution in [2.45, 2.75) is 12.7 Å². The van der Waals surface area contributed by atoms with Crippen molar-refractivity contribution in [3.63, 3.8) is 0 Å². The molecule has 3 aromatic rings. The normalized spacial score (nSPS) is 11.4. The van der Waals surface area contributed by atoms with Crippen molar-refractivity contribution in [2.75, 3.05) is 0 Å². The number of hydrogen-bond acceptors (Lipinski definition) is 6. The molecular weight excluding hydrogens is 403 g/mol. The summed E-state index contributed by atoms with van der Waals surface area (Å²) in [5.41, 5.74) is 2.01. The van der Waals surface area contributed by atoms with Crippen molar-refractivity contribution in [1.82, 2.24) is 20.2 Å². The Balaban J connectivity index is 1.49. The highest BCUT2D eigenvalue weighted by Crippen LogP contribution is 2.27. The third kappa shape index (κ3) is 5.74. The summed E-state index contributed by atoms with van der Waals surface area (Å²) in [6.07, 6.45) is 0.739. The predicted octanol–water partition coefficient (Wildman–Crippen LogP) is 2.67. The van der Waals surface area contributed by atoms with Crippen molar-refractivity contribution in [2.24, 2.45) is 5.10 Å². The fourth-order valence-electron chi connectivity index (χ4n) is 2.23. The van der Waals surface area contributed by atoms with Crippen LogP contribution in [0.2, 0.25) is 0 Å². The Morgan fingerprint density at radius 3 is 2.57 bits per heavy atom. The molecule has 0 bridgehead atoms. The van der Waals surface area contributed by atoms with Gasteiger partial charge in [-0.1, -0.05) is 0 Å². The van der Waals surface area contributed by atoms with Gasteiger partial charge < -0.3 is 4.74 Å². The maximum absolute atomic E-state index is 12.5. The van der Waals surface area contributed by atoms with Crippen LogP contribution in [0.5, 0.6) is 5.75 Å². The minimum absolute atomic E-state index is 0.309. The van der Waals surface area contributed by atoms with Crippen LogP contribution in [0.3, 0.4) is 0 Å². The summed E-state index contributed by atoms with van der Waals surface area (Å²) in [6.45, 7) is -0.420. The van der Waals surface area contributed by atoms with E-state index in [1.807, 2.05) is 0 Å². The number of nitrogens with one attached hydrogen (secondary N) is 1. The zero-order valence-electron chi connectivity index (χ0n) is 15.2. The Hall–Kier alpha value is -4.02. The number of hydrazone groups is 1. The molecule has 30 heavy (non-hydrogen) atoms. The molecule has 1 N–H and O–H groups in total. The average molecular weight is 417 g/mol. The molecule has 0 aliphatic carbocycles. The first-order valence-corrected chi connectivity index (χ1v) is 8.46. The van der Waals surface area contributed by atoms with Crippen LogP contribution in [0, 0.1) is 0 Å². The van der Waals surface area contributed by atoms with Gasteiger partial charge in [0.1, 0.15) is 12.3 Å². The lowest BCUT2D eigenvalue weighted by molar-refractivity contribution is -0.141. The van der Waals surface area contributed by atoms with Crippen molar-refractivity contribution < 1.29 is 27.5 Å². The summed E-state index contributed by atoms with van der Waals surface area (Å²) >= 11 is 0. The summed E-state index contributed by atoms with van der Waals surface area (Å²) in [5, 5.41) is 7.00. The largest absolute Gasteiger partial charge is 0.435 e. The highest BCUT2D eigenvalue weighted by atomic mass is 19.4. The number of halogens is 3. The minimum Gasteiger partial charge on any atom is -0.423 e. The second-order valence-corrected chi connectivity index (χ2v) is 5.89. The minimum atomic E-state index is -4.57. The third-order valence-electron chi connectivity index (χ3n) is 3.63. The molecule has 154 valence electrons. The molecule has 0 spiro atoms. The highest BCUT2D eigenvalue weighted by molar-refractivity contribution is 5.90. The van der Waals surface area contributed by atoms with Gasteiger partial charge in [0.05, 0.1) is 11.8 Å². The standard InChI is InChI=1S/C19H14F3N5O3/c20-19(21,22)16-7-9-27(26-16)12-17(28)25-24-10-13-3-5-15(6-4-13)30-18(29)14-2-1-8-23-11-14/h1-11H,12H2,(H,25,28)/b24-10-. The lowest BCUT2D eigenvalue weighted by atomic mass is 10.2. The molecule has 0 unspecified atom stereocenters. The second kappa shape index (κ2) is 8.99. The number of aromatic nitrogens is 3. The van der Waals surface area contributed by atoms with Crippen LogP contribution in [-0.2, 0) is 17.5 Å². The number of nitrogens with zero attached hydrogens (tertiary/aromatic N) is 4. The fraction of sp³-hybridized carbons (Fsp3) is 0.105. The number of carbonyl (C=O) groups is 2. The predicted molar refractivity (Wildman–Crippen MR) is 98.6 cm³/mol. The SMILES string of the molecule is O=C(Cn1ccc(C(F)(F)F)n1)N/N=C\c1ccc(OC(=O)c2cccnc2)cc1. The van der Waals surface area contributed by atoms with E-state index in [0.29, 0.717) is 16.9 Å². The number of esters is 1. The first-order chi connectivity index (χ1) is 14.3. The molecule has 0 aliphatic heterocycles. The van der Waals surface area contributed by atoms with E-state index in [2.05, 4.69) is 20.6 Å². The molecule has 11 heteroatoms. The van der Waals surface area contributed by atoms with Crippen LogP contribution < -0.4 is 10.2 Å². The van der Waals surface area contributed by atoms with Crippen LogP contribution in [0.25, 0.3) is 0 Å². The molecule has 2 heterocycles. The lowest BCUT2D eigenvalue weighted by Crippen LogP contribution is -2.23. The molecule has 0 saturated heterocycles. The van der Waals surface area contributed by atoms with Gasteiger partial charge in [-0.3, -0.25) is 14.5 Å². The van der Waals surface area contributed by atoms with Crippen LogP contribution in [0.4, 0.5) is 13.2 Å². The van der Waals surface area contributed by atoms with E-state index in [-0.39, 0.29) is 0 Å². The molecule has 0 fully saturated rings. The number of hydrogen-bond donors (Lipinski definition) is 1. The Kier molecular flexibility index (Phi) is 6.20. The van der Waals surface area contributed by atoms with E-state index in [9.17, 15) is 22.8 Å². The molecule has 1 aromatic carbocycles.